The number of unbranched alkanes of at least 4 members (excludes halogenated alkanes) is 4. The number of benzene rings is 1. The summed E-state index contributed by atoms with van der Waals surface area (Å²) in [5, 5.41) is 0. The fourth-order valence-electron chi connectivity index (χ4n) is 3.79. The maximum atomic E-state index is 12.7. The van der Waals surface area contributed by atoms with Crippen LogP contribution in [-0.2, 0) is 20.8 Å². The van der Waals surface area contributed by atoms with E-state index in [1.165, 1.54) is 32.8 Å². The molecule has 0 saturated carbocycles. The van der Waals surface area contributed by atoms with Crippen LogP contribution in [0.5, 0.6) is 0 Å². The van der Waals surface area contributed by atoms with Crippen molar-refractivity contribution in [2.24, 2.45) is 5.41 Å². The van der Waals surface area contributed by atoms with Gasteiger partial charge in [0.1, 0.15) is 0 Å². The van der Waals surface area contributed by atoms with E-state index in [0.717, 1.165) is 18.4 Å². The lowest BCUT2D eigenvalue weighted by Gasteiger charge is -2.39. The molecule has 5 nitrogen and oxygen atoms in total. The van der Waals surface area contributed by atoms with Crippen LogP contribution in [0.15, 0.2) is 24.3 Å². The Bertz CT molecular complexity index is 624. The fourth-order valence-corrected chi connectivity index (χ4v) is 3.79. The molecule has 1 unspecified atom stereocenters. The monoisotopic (exact) mass is 405 g/mol. The molecule has 1 rings (SSSR count). The van der Waals surface area contributed by atoms with Crippen molar-refractivity contribution >= 4 is 11.9 Å². The van der Waals surface area contributed by atoms with E-state index in [9.17, 15) is 9.59 Å². The van der Waals surface area contributed by atoms with Gasteiger partial charge in [-0.3, -0.25) is 9.69 Å². The molecule has 0 radical (unpaired) electrons. The number of rotatable bonds is 13. The minimum absolute atomic E-state index is 0.0726. The van der Waals surface area contributed by atoms with Gasteiger partial charge in [-0.05, 0) is 51.9 Å². The Morgan fingerprint density at radius 3 is 2.21 bits per heavy atom. The van der Waals surface area contributed by atoms with Crippen molar-refractivity contribution in [1.29, 1.82) is 0 Å². The van der Waals surface area contributed by atoms with Gasteiger partial charge in [-0.25, -0.2) is 4.79 Å². The molecule has 29 heavy (non-hydrogen) atoms. The van der Waals surface area contributed by atoms with Gasteiger partial charge in [0.05, 0.1) is 24.7 Å². The molecule has 1 aromatic rings. The van der Waals surface area contributed by atoms with Crippen LogP contribution in [0.2, 0.25) is 0 Å². The van der Waals surface area contributed by atoms with Gasteiger partial charge in [-0.2, -0.15) is 0 Å². The summed E-state index contributed by atoms with van der Waals surface area (Å²) >= 11 is 0. The number of hydrogen-bond donors (Lipinski definition) is 0. The third-order valence-electron chi connectivity index (χ3n) is 5.55. The van der Waals surface area contributed by atoms with Crippen LogP contribution in [0.3, 0.4) is 0 Å². The maximum absolute atomic E-state index is 12.7. The standard InChI is InChI=1S/C24H39NO4/c1-7-9-10-11-12-13-21(24(3,4)23(27)29-8-2)25(5)18-19-14-16-20(17-15-19)22(26)28-6/h14-17,21H,7-13,18H2,1-6H3. The third kappa shape index (κ3) is 7.81. The maximum Gasteiger partial charge on any atom is 0.337 e. The zero-order chi connectivity index (χ0) is 21.9. The van der Waals surface area contributed by atoms with Crippen LogP contribution < -0.4 is 0 Å². The summed E-state index contributed by atoms with van der Waals surface area (Å²) in [6, 6.07) is 7.52. The zero-order valence-electron chi connectivity index (χ0n) is 19.1. The molecule has 164 valence electrons. The van der Waals surface area contributed by atoms with Crippen LogP contribution in [-0.4, -0.2) is 43.6 Å². The smallest absolute Gasteiger partial charge is 0.337 e. The lowest BCUT2D eigenvalue weighted by atomic mass is 9.80. The van der Waals surface area contributed by atoms with Crippen molar-refractivity contribution in [3.8, 4) is 0 Å². The van der Waals surface area contributed by atoms with Crippen molar-refractivity contribution in [2.45, 2.75) is 78.8 Å². The summed E-state index contributed by atoms with van der Waals surface area (Å²) in [5.74, 6) is -0.482. The fraction of sp³-hybridized carbons (Fsp3) is 0.667. The van der Waals surface area contributed by atoms with Crippen molar-refractivity contribution in [2.75, 3.05) is 20.8 Å². The first-order valence-electron chi connectivity index (χ1n) is 10.8. The Morgan fingerprint density at radius 1 is 1.03 bits per heavy atom. The van der Waals surface area contributed by atoms with Crippen LogP contribution >= 0.6 is 0 Å². The van der Waals surface area contributed by atoms with Gasteiger partial charge < -0.3 is 9.47 Å². The minimum atomic E-state index is -0.596. The number of nitrogens with zero attached hydrogens (tertiary/aromatic N) is 1. The van der Waals surface area contributed by atoms with Gasteiger partial charge in [0.25, 0.3) is 0 Å². The molecule has 0 aromatic heterocycles. The van der Waals surface area contributed by atoms with E-state index in [-0.39, 0.29) is 18.0 Å². The van der Waals surface area contributed by atoms with Crippen LogP contribution in [0.25, 0.3) is 0 Å². The molecule has 5 heteroatoms. The summed E-state index contributed by atoms with van der Waals surface area (Å²) in [7, 11) is 3.44. The number of hydrogen-bond acceptors (Lipinski definition) is 5. The Kier molecular flexibility index (Phi) is 11.0. The number of ether oxygens (including phenoxy) is 2. The first-order chi connectivity index (χ1) is 13.8. The minimum Gasteiger partial charge on any atom is -0.466 e. The first kappa shape index (κ1) is 25.2. The largest absolute Gasteiger partial charge is 0.466 e. The topological polar surface area (TPSA) is 55.8 Å². The summed E-state index contributed by atoms with van der Waals surface area (Å²) in [5.41, 5.74) is 1.04. The summed E-state index contributed by atoms with van der Waals surface area (Å²) < 4.78 is 10.1. The molecule has 0 spiro atoms. The second-order valence-electron chi connectivity index (χ2n) is 8.26. The average molecular weight is 406 g/mol. The third-order valence-corrected chi connectivity index (χ3v) is 5.55. The average Bonchev–Trinajstić information content (AvgIpc) is 2.70. The molecule has 1 atom stereocenters. The van der Waals surface area contributed by atoms with E-state index in [1.54, 1.807) is 12.1 Å². The van der Waals surface area contributed by atoms with E-state index in [0.29, 0.717) is 18.7 Å². The number of methoxy groups -OCH3 is 1. The van der Waals surface area contributed by atoms with Gasteiger partial charge in [0, 0.05) is 12.6 Å². The number of carbonyl (C=O) groups excluding carboxylic acids is 2. The van der Waals surface area contributed by atoms with Crippen molar-refractivity contribution < 1.29 is 19.1 Å². The summed E-state index contributed by atoms with van der Waals surface area (Å²) in [6.45, 7) is 9.12. The molecular formula is C24H39NO4. The molecule has 0 heterocycles. The lowest BCUT2D eigenvalue weighted by molar-refractivity contribution is -0.157. The van der Waals surface area contributed by atoms with Crippen LogP contribution in [0.4, 0.5) is 0 Å². The van der Waals surface area contributed by atoms with E-state index < -0.39 is 5.41 Å². The molecule has 0 aliphatic rings. The molecule has 0 bridgehead atoms. The van der Waals surface area contributed by atoms with Crippen LogP contribution in [0.1, 0.15) is 82.1 Å². The van der Waals surface area contributed by atoms with Crippen molar-refractivity contribution in [3.05, 3.63) is 35.4 Å². The molecule has 1 aromatic carbocycles. The lowest BCUT2D eigenvalue weighted by Crippen LogP contribution is -2.48. The second kappa shape index (κ2) is 12.6. The highest BCUT2D eigenvalue weighted by atomic mass is 16.5. The summed E-state index contributed by atoms with van der Waals surface area (Å²) in [4.78, 5) is 26.5. The number of esters is 2. The van der Waals surface area contributed by atoms with E-state index in [4.69, 9.17) is 9.47 Å². The number of carbonyl (C=O) groups is 2. The quantitative estimate of drug-likeness (QED) is 0.332. The van der Waals surface area contributed by atoms with Crippen LogP contribution in [0, 0.1) is 5.41 Å². The van der Waals surface area contributed by atoms with Gasteiger partial charge in [-0.15, -0.1) is 0 Å². The first-order valence-corrected chi connectivity index (χ1v) is 10.8. The molecular weight excluding hydrogens is 366 g/mol. The van der Waals surface area contributed by atoms with Gasteiger partial charge in [0.2, 0.25) is 0 Å². The molecule has 0 aliphatic heterocycles. The summed E-state index contributed by atoms with van der Waals surface area (Å²) in [6.07, 6.45) is 6.95. The van der Waals surface area contributed by atoms with E-state index in [2.05, 4.69) is 18.9 Å². The zero-order valence-corrected chi connectivity index (χ0v) is 19.1. The molecule has 0 saturated heterocycles. The van der Waals surface area contributed by atoms with E-state index >= 15 is 0 Å². The van der Waals surface area contributed by atoms with Crippen molar-refractivity contribution in [3.63, 3.8) is 0 Å². The normalized spacial score (nSPS) is 12.7. The Labute approximate surface area is 176 Å². The SMILES string of the molecule is CCCCCCCC(N(C)Cc1ccc(C(=O)OC)cc1)C(C)(C)C(=O)OCC. The Balaban J connectivity index is 2.89. The highest BCUT2D eigenvalue weighted by molar-refractivity contribution is 5.89. The van der Waals surface area contributed by atoms with Crippen molar-refractivity contribution in [1.82, 2.24) is 4.90 Å². The molecule has 0 fully saturated rings. The van der Waals surface area contributed by atoms with E-state index in [1.807, 2.05) is 32.9 Å². The highest BCUT2D eigenvalue weighted by Crippen LogP contribution is 2.31. The molecule has 0 amide bonds. The van der Waals surface area contributed by atoms with Gasteiger partial charge in [-0.1, -0.05) is 51.2 Å². The van der Waals surface area contributed by atoms with Gasteiger partial charge in [0.15, 0.2) is 0 Å². The predicted octanol–water partition coefficient (Wildman–Crippen LogP) is 5.22. The molecule has 0 aliphatic carbocycles. The Hall–Kier alpha value is -1.88. The second-order valence-corrected chi connectivity index (χ2v) is 8.26. The highest BCUT2D eigenvalue weighted by Gasteiger charge is 2.40. The Morgan fingerprint density at radius 2 is 1.66 bits per heavy atom. The van der Waals surface area contributed by atoms with Gasteiger partial charge >= 0.3 is 11.9 Å². The predicted molar refractivity (Wildman–Crippen MR) is 117 cm³/mol. The molecule has 0 N–H and O–H groups in total.